The van der Waals surface area contributed by atoms with Gasteiger partial charge in [0, 0.05) is 5.92 Å². The van der Waals surface area contributed by atoms with Crippen LogP contribution in [0.2, 0.25) is 5.02 Å². The summed E-state index contributed by atoms with van der Waals surface area (Å²) in [7, 11) is 0. The van der Waals surface area contributed by atoms with Gasteiger partial charge in [-0.1, -0.05) is 48.0 Å². The van der Waals surface area contributed by atoms with Gasteiger partial charge in [-0.25, -0.2) is 4.39 Å². The van der Waals surface area contributed by atoms with Crippen LogP contribution in [0.1, 0.15) is 28.3 Å². The lowest BCUT2D eigenvalue weighted by molar-refractivity contribution is 0.0961. The first-order chi connectivity index (χ1) is 9.18. The molecule has 1 fully saturated rings. The standard InChI is InChI=1S/C16H12ClFO/c17-13-7-4-8-14(18)15(13)16(19)12-9-11(12)10-5-2-1-3-6-10/h1-8,11-12H,9H2. The fourth-order valence-electron chi connectivity index (χ4n) is 2.47. The summed E-state index contributed by atoms with van der Waals surface area (Å²) in [5.41, 5.74) is 1.17. The summed E-state index contributed by atoms with van der Waals surface area (Å²) in [6, 6.07) is 14.2. The monoisotopic (exact) mass is 274 g/mol. The molecule has 0 amide bonds. The summed E-state index contributed by atoms with van der Waals surface area (Å²) >= 11 is 5.93. The minimum atomic E-state index is -0.531. The molecule has 2 atom stereocenters. The van der Waals surface area contributed by atoms with Crippen molar-refractivity contribution in [1.29, 1.82) is 0 Å². The van der Waals surface area contributed by atoms with Crippen LogP contribution in [0.4, 0.5) is 4.39 Å². The van der Waals surface area contributed by atoms with Crippen LogP contribution in [0.15, 0.2) is 48.5 Å². The maximum atomic E-state index is 13.7. The van der Waals surface area contributed by atoms with Crippen LogP contribution in [0.25, 0.3) is 0 Å². The summed E-state index contributed by atoms with van der Waals surface area (Å²) in [4.78, 5) is 12.3. The molecule has 1 saturated carbocycles. The van der Waals surface area contributed by atoms with Crippen molar-refractivity contribution in [3.05, 3.63) is 70.5 Å². The smallest absolute Gasteiger partial charge is 0.171 e. The Balaban J connectivity index is 1.84. The number of carbonyl (C=O) groups is 1. The van der Waals surface area contributed by atoms with Gasteiger partial charge in [-0.05, 0) is 30.0 Å². The summed E-state index contributed by atoms with van der Waals surface area (Å²) in [5.74, 6) is -0.658. The molecule has 1 nitrogen and oxygen atoms in total. The van der Waals surface area contributed by atoms with Gasteiger partial charge in [-0.2, -0.15) is 0 Å². The number of carbonyl (C=O) groups excluding carboxylic acids is 1. The fourth-order valence-corrected chi connectivity index (χ4v) is 2.73. The molecule has 0 heterocycles. The number of Topliss-reactive ketones (excluding diaryl/α,β-unsaturated/α-hetero) is 1. The quantitative estimate of drug-likeness (QED) is 0.755. The first-order valence-corrected chi connectivity index (χ1v) is 6.59. The second-order valence-corrected chi connectivity index (χ2v) is 5.23. The Hall–Kier alpha value is -1.67. The van der Waals surface area contributed by atoms with Crippen LogP contribution in [-0.4, -0.2) is 5.78 Å². The van der Waals surface area contributed by atoms with E-state index in [0.29, 0.717) is 0 Å². The zero-order valence-corrected chi connectivity index (χ0v) is 10.9. The SMILES string of the molecule is O=C(c1c(F)cccc1Cl)C1CC1c1ccccc1. The van der Waals surface area contributed by atoms with Gasteiger partial charge in [-0.15, -0.1) is 0 Å². The van der Waals surface area contributed by atoms with Gasteiger partial charge in [-0.3, -0.25) is 4.79 Å². The average molecular weight is 275 g/mol. The minimum absolute atomic E-state index is 0.0348. The number of ketones is 1. The van der Waals surface area contributed by atoms with E-state index in [1.807, 2.05) is 30.3 Å². The van der Waals surface area contributed by atoms with E-state index in [0.717, 1.165) is 12.0 Å². The summed E-state index contributed by atoms with van der Waals surface area (Å²) in [5, 5.41) is 0.198. The van der Waals surface area contributed by atoms with E-state index in [1.54, 1.807) is 6.07 Å². The maximum Gasteiger partial charge on any atom is 0.171 e. The van der Waals surface area contributed by atoms with Crippen molar-refractivity contribution < 1.29 is 9.18 Å². The molecule has 0 radical (unpaired) electrons. The molecule has 2 aromatic rings. The van der Waals surface area contributed by atoms with Crippen LogP contribution < -0.4 is 0 Å². The molecule has 0 aliphatic heterocycles. The highest BCUT2D eigenvalue weighted by Crippen LogP contribution is 2.49. The molecule has 96 valence electrons. The summed E-state index contributed by atoms with van der Waals surface area (Å²) < 4.78 is 13.7. The van der Waals surface area contributed by atoms with E-state index < -0.39 is 5.82 Å². The highest BCUT2D eigenvalue weighted by molar-refractivity contribution is 6.34. The normalized spacial score (nSPS) is 21.2. The van der Waals surface area contributed by atoms with Gasteiger partial charge < -0.3 is 0 Å². The number of hydrogen-bond acceptors (Lipinski definition) is 1. The van der Waals surface area contributed by atoms with Gasteiger partial charge in [0.05, 0.1) is 10.6 Å². The zero-order valence-electron chi connectivity index (χ0n) is 10.1. The second kappa shape index (κ2) is 4.78. The van der Waals surface area contributed by atoms with E-state index >= 15 is 0 Å². The van der Waals surface area contributed by atoms with Crippen molar-refractivity contribution in [3.8, 4) is 0 Å². The minimum Gasteiger partial charge on any atom is -0.294 e. The third-order valence-corrected chi connectivity index (χ3v) is 3.88. The Bertz CT molecular complexity index is 604. The fraction of sp³-hybridized carbons (Fsp3) is 0.188. The maximum absolute atomic E-state index is 13.7. The summed E-state index contributed by atoms with van der Waals surface area (Å²) in [6.07, 6.45) is 0.771. The third-order valence-electron chi connectivity index (χ3n) is 3.56. The van der Waals surface area contributed by atoms with Gasteiger partial charge in [0.2, 0.25) is 0 Å². The van der Waals surface area contributed by atoms with Gasteiger partial charge in [0.1, 0.15) is 5.82 Å². The lowest BCUT2D eigenvalue weighted by Gasteiger charge is -2.04. The summed E-state index contributed by atoms with van der Waals surface area (Å²) in [6.45, 7) is 0. The Labute approximate surface area is 116 Å². The number of hydrogen-bond donors (Lipinski definition) is 0. The zero-order chi connectivity index (χ0) is 13.4. The third kappa shape index (κ3) is 2.28. The lowest BCUT2D eigenvalue weighted by atomic mass is 10.0. The largest absolute Gasteiger partial charge is 0.294 e. The molecular formula is C16H12ClFO. The van der Waals surface area contributed by atoms with Crippen molar-refractivity contribution in [2.75, 3.05) is 0 Å². The second-order valence-electron chi connectivity index (χ2n) is 4.82. The topological polar surface area (TPSA) is 17.1 Å². The van der Waals surface area contributed by atoms with Crippen molar-refractivity contribution in [2.24, 2.45) is 5.92 Å². The first-order valence-electron chi connectivity index (χ1n) is 6.21. The number of rotatable bonds is 3. The Kier molecular flexibility index (Phi) is 3.11. The number of halogens is 2. The van der Waals surface area contributed by atoms with E-state index in [4.69, 9.17) is 11.6 Å². The predicted molar refractivity (Wildman–Crippen MR) is 73.0 cm³/mol. The first kappa shape index (κ1) is 12.4. The molecule has 1 aliphatic rings. The molecule has 3 rings (SSSR count). The molecule has 0 N–H and O–H groups in total. The molecule has 2 unspecified atom stereocenters. The van der Waals surface area contributed by atoms with Gasteiger partial charge in [0.25, 0.3) is 0 Å². The van der Waals surface area contributed by atoms with Crippen LogP contribution in [0, 0.1) is 11.7 Å². The predicted octanol–water partition coefficient (Wildman–Crippen LogP) is 4.47. The molecule has 19 heavy (non-hydrogen) atoms. The van der Waals surface area contributed by atoms with Gasteiger partial charge >= 0.3 is 0 Å². The molecule has 1 aliphatic carbocycles. The molecule has 2 aromatic carbocycles. The van der Waals surface area contributed by atoms with Crippen LogP contribution in [0.3, 0.4) is 0 Å². The molecule has 3 heteroatoms. The Morgan fingerprint density at radius 2 is 1.84 bits per heavy atom. The molecule has 0 saturated heterocycles. The van der Waals surface area contributed by atoms with E-state index in [9.17, 15) is 9.18 Å². The molecule has 0 aromatic heterocycles. The number of benzene rings is 2. The van der Waals surface area contributed by atoms with Crippen molar-refractivity contribution in [2.45, 2.75) is 12.3 Å². The Morgan fingerprint density at radius 1 is 1.11 bits per heavy atom. The molecule has 0 spiro atoms. The van der Waals surface area contributed by atoms with Crippen LogP contribution in [0.5, 0.6) is 0 Å². The van der Waals surface area contributed by atoms with E-state index in [-0.39, 0.29) is 28.2 Å². The van der Waals surface area contributed by atoms with Gasteiger partial charge in [0.15, 0.2) is 5.78 Å². The van der Waals surface area contributed by atoms with Crippen molar-refractivity contribution >= 4 is 17.4 Å². The Morgan fingerprint density at radius 3 is 2.53 bits per heavy atom. The highest BCUT2D eigenvalue weighted by atomic mass is 35.5. The van der Waals surface area contributed by atoms with E-state index in [1.165, 1.54) is 12.1 Å². The molecule has 0 bridgehead atoms. The van der Waals surface area contributed by atoms with Crippen LogP contribution in [-0.2, 0) is 0 Å². The van der Waals surface area contributed by atoms with Crippen LogP contribution >= 0.6 is 11.6 Å². The highest BCUT2D eigenvalue weighted by Gasteiger charge is 2.45. The molecular weight excluding hydrogens is 263 g/mol. The van der Waals surface area contributed by atoms with Crippen molar-refractivity contribution in [1.82, 2.24) is 0 Å². The van der Waals surface area contributed by atoms with Crippen molar-refractivity contribution in [3.63, 3.8) is 0 Å². The average Bonchev–Trinajstić information content (AvgIpc) is 3.19. The van der Waals surface area contributed by atoms with E-state index in [2.05, 4.69) is 0 Å². The lowest BCUT2D eigenvalue weighted by Crippen LogP contribution is -2.07.